The molecule has 1 aromatic carbocycles. The summed E-state index contributed by atoms with van der Waals surface area (Å²) in [6.07, 6.45) is 5.83. The normalized spacial score (nSPS) is 17.1. The maximum Gasteiger partial charge on any atom is 0.254 e. The Balaban J connectivity index is 1.46. The summed E-state index contributed by atoms with van der Waals surface area (Å²) in [7, 11) is 1.56. The van der Waals surface area contributed by atoms with Crippen LogP contribution in [0.4, 0.5) is 10.3 Å². The number of nitrogens with zero attached hydrogens (tertiary/aromatic N) is 3. The molecule has 6 nitrogen and oxygen atoms in total. The zero-order chi connectivity index (χ0) is 19.9. The Hall–Kier alpha value is -2.54. The van der Waals surface area contributed by atoms with Crippen LogP contribution < -0.4 is 5.32 Å². The summed E-state index contributed by atoms with van der Waals surface area (Å²) in [4.78, 5) is 34.3. The molecular weight excluding hydrogens is 383 g/mol. The number of rotatable bonds is 6. The Morgan fingerprint density at radius 3 is 2.57 bits per heavy atom. The fraction of sp³-hybridized carbons (Fsp3) is 0.400. The monoisotopic (exact) mass is 402 g/mol. The average Bonchev–Trinajstić information content (AvgIpc) is 3.59. The summed E-state index contributed by atoms with van der Waals surface area (Å²) >= 11 is 5.72. The number of carbonyl (C=O) groups is 2. The summed E-state index contributed by atoms with van der Waals surface area (Å²) in [5.74, 6) is -0.255. The molecule has 1 N–H and O–H groups in total. The molecule has 28 heavy (non-hydrogen) atoms. The molecular formula is C20H20ClFN4O2. The molecule has 2 fully saturated rings. The Morgan fingerprint density at radius 1 is 1.29 bits per heavy atom. The summed E-state index contributed by atoms with van der Waals surface area (Å²) in [5.41, 5.74) is 0.856. The van der Waals surface area contributed by atoms with Gasteiger partial charge in [0.2, 0.25) is 11.9 Å². The van der Waals surface area contributed by atoms with Crippen LogP contribution in [0.15, 0.2) is 30.6 Å². The third-order valence-electron chi connectivity index (χ3n) is 5.10. The van der Waals surface area contributed by atoms with Gasteiger partial charge in [-0.15, -0.1) is 0 Å². The molecule has 0 aliphatic heterocycles. The van der Waals surface area contributed by atoms with Crippen molar-refractivity contribution in [1.29, 1.82) is 0 Å². The lowest BCUT2D eigenvalue weighted by Gasteiger charge is -2.19. The lowest BCUT2D eigenvalue weighted by atomic mass is 9.96. The Morgan fingerprint density at radius 2 is 1.96 bits per heavy atom. The van der Waals surface area contributed by atoms with Crippen molar-refractivity contribution in [2.45, 2.75) is 37.3 Å². The van der Waals surface area contributed by atoms with E-state index in [1.165, 1.54) is 17.3 Å². The third kappa shape index (κ3) is 3.99. The first-order chi connectivity index (χ1) is 13.4. The van der Waals surface area contributed by atoms with Gasteiger partial charge in [0.1, 0.15) is 5.67 Å². The minimum Gasteiger partial charge on any atom is -0.332 e. The fourth-order valence-electron chi connectivity index (χ4n) is 3.20. The van der Waals surface area contributed by atoms with Crippen molar-refractivity contribution < 1.29 is 14.0 Å². The molecule has 2 aromatic rings. The molecule has 2 amide bonds. The summed E-state index contributed by atoms with van der Waals surface area (Å²) < 4.78 is 14.4. The van der Waals surface area contributed by atoms with Crippen LogP contribution in [-0.4, -0.2) is 40.3 Å². The lowest BCUT2D eigenvalue weighted by molar-refractivity contribution is -0.116. The second-order valence-corrected chi connectivity index (χ2v) is 7.91. The van der Waals surface area contributed by atoms with Crippen molar-refractivity contribution >= 4 is 29.4 Å². The maximum atomic E-state index is 14.4. The van der Waals surface area contributed by atoms with E-state index in [0.29, 0.717) is 34.9 Å². The number of carbonyl (C=O) groups excluding carboxylic acids is 2. The molecule has 8 heteroatoms. The van der Waals surface area contributed by atoms with Crippen molar-refractivity contribution in [3.63, 3.8) is 0 Å². The van der Waals surface area contributed by atoms with E-state index in [4.69, 9.17) is 11.6 Å². The zero-order valence-corrected chi connectivity index (χ0v) is 16.2. The SMILES string of the molecule is CN(CC(=O)Nc1ncc(Cl)cn1)C(=O)c1ccc(C2(F)CC2)cc1C1CC1. The molecule has 0 saturated heterocycles. The molecule has 0 spiro atoms. The van der Waals surface area contributed by atoms with Crippen LogP contribution in [0.2, 0.25) is 5.02 Å². The first-order valence-electron chi connectivity index (χ1n) is 9.22. The van der Waals surface area contributed by atoms with Gasteiger partial charge in [0.25, 0.3) is 5.91 Å². The second kappa shape index (κ2) is 7.13. The molecule has 0 radical (unpaired) electrons. The van der Waals surface area contributed by atoms with Gasteiger partial charge in [0, 0.05) is 12.6 Å². The molecule has 0 atom stereocenters. The average molecular weight is 403 g/mol. The number of likely N-dealkylation sites (N-methyl/N-ethyl adjacent to an activating group) is 1. The summed E-state index contributed by atoms with van der Waals surface area (Å²) in [6.45, 7) is -0.149. The fourth-order valence-corrected chi connectivity index (χ4v) is 3.30. The molecule has 1 heterocycles. The van der Waals surface area contributed by atoms with Gasteiger partial charge in [-0.05, 0) is 48.8 Å². The van der Waals surface area contributed by atoms with Crippen LogP contribution in [0.3, 0.4) is 0 Å². The van der Waals surface area contributed by atoms with E-state index in [0.717, 1.165) is 18.4 Å². The van der Waals surface area contributed by atoms with E-state index in [9.17, 15) is 14.0 Å². The standard InChI is InChI=1S/C20H20ClFN4O2/c1-26(11-17(27)25-19-23-9-14(21)10-24-19)18(28)15-5-4-13(20(22)6-7-20)8-16(15)12-2-3-12/h4-5,8-10,12H,2-3,6-7,11H2,1H3,(H,23,24,25,27). The number of hydrogen-bond donors (Lipinski definition) is 1. The highest BCUT2D eigenvalue weighted by Crippen LogP contribution is 2.51. The largest absolute Gasteiger partial charge is 0.332 e. The molecule has 2 aliphatic rings. The maximum absolute atomic E-state index is 14.4. The first-order valence-corrected chi connectivity index (χ1v) is 9.60. The van der Waals surface area contributed by atoms with Gasteiger partial charge in [-0.25, -0.2) is 14.4 Å². The number of alkyl halides is 1. The number of nitrogens with one attached hydrogen (secondary N) is 1. The molecule has 0 bridgehead atoms. The van der Waals surface area contributed by atoms with E-state index in [2.05, 4.69) is 15.3 Å². The number of aromatic nitrogens is 2. The van der Waals surface area contributed by atoms with Gasteiger partial charge in [0.15, 0.2) is 0 Å². The molecule has 2 aliphatic carbocycles. The van der Waals surface area contributed by atoms with E-state index in [1.54, 1.807) is 19.2 Å². The highest BCUT2D eigenvalue weighted by Gasteiger charge is 2.45. The number of hydrogen-bond acceptors (Lipinski definition) is 4. The molecule has 0 unspecified atom stereocenters. The zero-order valence-electron chi connectivity index (χ0n) is 15.4. The van der Waals surface area contributed by atoms with Crippen LogP contribution in [0.1, 0.15) is 53.1 Å². The van der Waals surface area contributed by atoms with E-state index < -0.39 is 11.6 Å². The van der Waals surface area contributed by atoms with E-state index in [1.807, 2.05) is 6.07 Å². The number of amides is 2. The predicted octanol–water partition coefficient (Wildman–Crippen LogP) is 3.68. The molecule has 1 aromatic heterocycles. The highest BCUT2D eigenvalue weighted by atomic mass is 35.5. The molecule has 4 rings (SSSR count). The summed E-state index contributed by atoms with van der Waals surface area (Å²) in [5, 5.41) is 2.89. The Kier molecular flexibility index (Phi) is 4.79. The van der Waals surface area contributed by atoms with Gasteiger partial charge >= 0.3 is 0 Å². The Labute approximate surface area is 167 Å². The minimum atomic E-state index is -1.23. The van der Waals surface area contributed by atoms with Gasteiger partial charge < -0.3 is 4.90 Å². The summed E-state index contributed by atoms with van der Waals surface area (Å²) in [6, 6.07) is 5.23. The minimum absolute atomic E-state index is 0.121. The van der Waals surface area contributed by atoms with Crippen LogP contribution in [-0.2, 0) is 10.5 Å². The van der Waals surface area contributed by atoms with Gasteiger partial charge in [-0.3, -0.25) is 14.9 Å². The van der Waals surface area contributed by atoms with Crippen LogP contribution in [0.25, 0.3) is 0 Å². The van der Waals surface area contributed by atoms with Crippen molar-refractivity contribution in [1.82, 2.24) is 14.9 Å². The van der Waals surface area contributed by atoms with Gasteiger partial charge in [0.05, 0.1) is 24.0 Å². The Bertz CT molecular complexity index is 926. The smallest absolute Gasteiger partial charge is 0.254 e. The van der Waals surface area contributed by atoms with Crippen molar-refractivity contribution in [2.24, 2.45) is 0 Å². The van der Waals surface area contributed by atoms with Crippen LogP contribution in [0, 0.1) is 0 Å². The van der Waals surface area contributed by atoms with E-state index in [-0.39, 0.29) is 18.4 Å². The highest BCUT2D eigenvalue weighted by molar-refractivity contribution is 6.30. The molecule has 2 saturated carbocycles. The number of anilines is 1. The third-order valence-corrected chi connectivity index (χ3v) is 5.30. The predicted molar refractivity (Wildman–Crippen MR) is 103 cm³/mol. The van der Waals surface area contributed by atoms with Gasteiger partial charge in [-0.1, -0.05) is 23.7 Å². The van der Waals surface area contributed by atoms with E-state index >= 15 is 0 Å². The number of halogens is 2. The quantitative estimate of drug-likeness (QED) is 0.799. The lowest BCUT2D eigenvalue weighted by Crippen LogP contribution is -2.35. The molecule has 146 valence electrons. The first kappa shape index (κ1) is 18.8. The number of benzene rings is 1. The van der Waals surface area contributed by atoms with Crippen molar-refractivity contribution in [3.8, 4) is 0 Å². The van der Waals surface area contributed by atoms with Crippen LogP contribution >= 0.6 is 11.6 Å². The van der Waals surface area contributed by atoms with Crippen LogP contribution in [0.5, 0.6) is 0 Å². The second-order valence-electron chi connectivity index (χ2n) is 7.48. The van der Waals surface area contributed by atoms with Crippen molar-refractivity contribution in [3.05, 3.63) is 52.3 Å². The van der Waals surface area contributed by atoms with Gasteiger partial charge in [-0.2, -0.15) is 0 Å². The topological polar surface area (TPSA) is 75.2 Å². The van der Waals surface area contributed by atoms with Crippen molar-refractivity contribution in [2.75, 3.05) is 18.9 Å².